The minimum absolute atomic E-state index is 0.0206. The van der Waals surface area contributed by atoms with Crippen LogP contribution in [0.2, 0.25) is 0 Å². The van der Waals surface area contributed by atoms with Crippen LogP contribution in [0, 0.1) is 0 Å². The van der Waals surface area contributed by atoms with Gasteiger partial charge in [0.2, 0.25) is 5.91 Å². The molecule has 2 aliphatic rings. The molecule has 3 rings (SSSR count). The van der Waals surface area contributed by atoms with Gasteiger partial charge in [0.15, 0.2) is 0 Å². The summed E-state index contributed by atoms with van der Waals surface area (Å²) >= 11 is 0. The highest BCUT2D eigenvalue weighted by molar-refractivity contribution is 5.80. The van der Waals surface area contributed by atoms with Gasteiger partial charge in [0.05, 0.1) is 12.6 Å². The van der Waals surface area contributed by atoms with Crippen LogP contribution in [0.5, 0.6) is 0 Å². The zero-order valence-electron chi connectivity index (χ0n) is 11.8. The van der Waals surface area contributed by atoms with E-state index in [1.165, 1.54) is 12.8 Å². The van der Waals surface area contributed by atoms with Crippen LogP contribution >= 0.6 is 0 Å². The van der Waals surface area contributed by atoms with Crippen molar-refractivity contribution in [3.8, 4) is 0 Å². The van der Waals surface area contributed by atoms with E-state index >= 15 is 0 Å². The zero-order valence-corrected chi connectivity index (χ0v) is 11.8. The van der Waals surface area contributed by atoms with Gasteiger partial charge in [0.25, 0.3) is 0 Å². The van der Waals surface area contributed by atoms with Crippen molar-refractivity contribution in [1.82, 2.24) is 10.2 Å². The van der Waals surface area contributed by atoms with Gasteiger partial charge in [0.1, 0.15) is 6.17 Å². The smallest absolute Gasteiger partial charge is 0.238 e. The molecular formula is C16H22N2O2. The van der Waals surface area contributed by atoms with Crippen LogP contribution in [0.25, 0.3) is 0 Å². The van der Waals surface area contributed by atoms with Crippen molar-refractivity contribution >= 4 is 5.91 Å². The van der Waals surface area contributed by atoms with Gasteiger partial charge >= 0.3 is 0 Å². The van der Waals surface area contributed by atoms with Gasteiger partial charge in [-0.2, -0.15) is 0 Å². The summed E-state index contributed by atoms with van der Waals surface area (Å²) in [7, 11) is 0. The Morgan fingerprint density at radius 3 is 2.85 bits per heavy atom. The lowest BCUT2D eigenvalue weighted by atomic mass is 10.1. The highest BCUT2D eigenvalue weighted by atomic mass is 16.5. The Kier molecular flexibility index (Phi) is 4.33. The summed E-state index contributed by atoms with van der Waals surface area (Å²) in [6.07, 6.45) is 4.84. The topological polar surface area (TPSA) is 41.6 Å². The molecule has 0 saturated carbocycles. The van der Waals surface area contributed by atoms with E-state index in [0.29, 0.717) is 12.6 Å². The van der Waals surface area contributed by atoms with Crippen LogP contribution < -0.4 is 5.32 Å². The Hall–Kier alpha value is -1.39. The van der Waals surface area contributed by atoms with Crippen molar-refractivity contribution in [2.45, 2.75) is 38.0 Å². The molecule has 4 heteroatoms. The number of amides is 1. The molecule has 4 nitrogen and oxygen atoms in total. The molecule has 1 N–H and O–H groups in total. The first-order chi connectivity index (χ1) is 9.84. The van der Waals surface area contributed by atoms with Crippen molar-refractivity contribution in [3.63, 3.8) is 0 Å². The third-order valence-electron chi connectivity index (χ3n) is 4.16. The normalized spacial score (nSPS) is 27.0. The van der Waals surface area contributed by atoms with Gasteiger partial charge in [0, 0.05) is 13.2 Å². The molecule has 1 aromatic rings. The number of ether oxygens (including phenoxy) is 1. The van der Waals surface area contributed by atoms with Crippen LogP contribution in [0.1, 0.15) is 37.4 Å². The Morgan fingerprint density at radius 2 is 2.10 bits per heavy atom. The van der Waals surface area contributed by atoms with Crippen LogP contribution in [-0.4, -0.2) is 36.6 Å². The summed E-state index contributed by atoms with van der Waals surface area (Å²) in [6.45, 7) is 2.08. The summed E-state index contributed by atoms with van der Waals surface area (Å²) in [4.78, 5) is 14.0. The average Bonchev–Trinajstić information content (AvgIpc) is 2.88. The Balaban J connectivity index is 1.62. The lowest BCUT2D eigenvalue weighted by molar-refractivity contribution is -0.128. The predicted molar refractivity (Wildman–Crippen MR) is 77.1 cm³/mol. The zero-order chi connectivity index (χ0) is 13.8. The molecule has 2 aliphatic heterocycles. The lowest BCUT2D eigenvalue weighted by Crippen LogP contribution is -2.34. The van der Waals surface area contributed by atoms with Crippen LogP contribution in [0.4, 0.5) is 0 Å². The molecule has 2 unspecified atom stereocenters. The molecule has 0 aliphatic carbocycles. The Labute approximate surface area is 120 Å². The Bertz CT molecular complexity index is 443. The fourth-order valence-electron chi connectivity index (χ4n) is 3.04. The second-order valence-electron chi connectivity index (χ2n) is 5.56. The van der Waals surface area contributed by atoms with E-state index < -0.39 is 0 Å². The second-order valence-corrected chi connectivity index (χ2v) is 5.56. The maximum absolute atomic E-state index is 12.1. The molecule has 2 saturated heterocycles. The van der Waals surface area contributed by atoms with Crippen LogP contribution in [-0.2, 0) is 9.53 Å². The molecule has 0 aromatic heterocycles. The third kappa shape index (κ3) is 3.02. The molecule has 0 radical (unpaired) electrons. The van der Waals surface area contributed by atoms with Gasteiger partial charge in [-0.25, -0.2) is 0 Å². The number of rotatable bonds is 4. The number of nitrogens with one attached hydrogen (secondary N) is 1. The third-order valence-corrected chi connectivity index (χ3v) is 4.16. The molecule has 2 heterocycles. The van der Waals surface area contributed by atoms with E-state index in [9.17, 15) is 4.79 Å². The molecule has 1 aromatic carbocycles. The first-order valence-corrected chi connectivity index (χ1v) is 7.54. The van der Waals surface area contributed by atoms with Crippen molar-refractivity contribution in [2.24, 2.45) is 0 Å². The summed E-state index contributed by atoms with van der Waals surface area (Å²) in [5.74, 6) is 0.190. The van der Waals surface area contributed by atoms with Gasteiger partial charge in [-0.05, 0) is 31.2 Å². The molecular weight excluding hydrogens is 252 g/mol. The molecule has 1 amide bonds. The van der Waals surface area contributed by atoms with E-state index in [0.717, 1.165) is 31.6 Å². The summed E-state index contributed by atoms with van der Waals surface area (Å²) < 4.78 is 5.76. The van der Waals surface area contributed by atoms with E-state index in [2.05, 4.69) is 17.4 Å². The first-order valence-electron chi connectivity index (χ1n) is 7.54. The maximum atomic E-state index is 12.1. The molecule has 0 spiro atoms. The Morgan fingerprint density at radius 1 is 1.25 bits per heavy atom. The average molecular weight is 274 g/mol. The highest BCUT2D eigenvalue weighted by Crippen LogP contribution is 2.24. The molecule has 0 bridgehead atoms. The number of nitrogens with zero attached hydrogens (tertiary/aromatic N) is 1. The van der Waals surface area contributed by atoms with Gasteiger partial charge < -0.3 is 9.64 Å². The predicted octanol–water partition coefficient (Wildman–Crippen LogP) is 2.08. The first kappa shape index (κ1) is 13.6. The largest absolute Gasteiger partial charge is 0.378 e. The number of hydrogen-bond acceptors (Lipinski definition) is 3. The fraction of sp³-hybridized carbons (Fsp3) is 0.562. The molecule has 2 fully saturated rings. The van der Waals surface area contributed by atoms with Gasteiger partial charge in [-0.3, -0.25) is 10.1 Å². The van der Waals surface area contributed by atoms with E-state index in [1.807, 2.05) is 23.1 Å². The van der Waals surface area contributed by atoms with Gasteiger partial charge in [-0.1, -0.05) is 30.3 Å². The number of hydrogen-bond donors (Lipinski definition) is 1. The number of carbonyl (C=O) groups is 1. The minimum Gasteiger partial charge on any atom is -0.378 e. The minimum atomic E-state index is 0.0206. The number of benzene rings is 1. The van der Waals surface area contributed by atoms with Crippen LogP contribution in [0.3, 0.4) is 0 Å². The van der Waals surface area contributed by atoms with Crippen molar-refractivity contribution in [3.05, 3.63) is 35.9 Å². The molecule has 20 heavy (non-hydrogen) atoms. The number of carbonyl (C=O) groups excluding carboxylic acids is 1. The van der Waals surface area contributed by atoms with E-state index in [-0.39, 0.29) is 12.1 Å². The maximum Gasteiger partial charge on any atom is 0.238 e. The molecule has 2 atom stereocenters. The summed E-state index contributed by atoms with van der Waals surface area (Å²) in [5, 5.41) is 3.30. The van der Waals surface area contributed by atoms with Crippen molar-refractivity contribution in [2.75, 3.05) is 19.7 Å². The van der Waals surface area contributed by atoms with Crippen LogP contribution in [0.15, 0.2) is 30.3 Å². The quantitative estimate of drug-likeness (QED) is 0.914. The standard InChI is InChI=1S/C16H22N2O2/c19-15-12-17-16(13-6-2-1-3-7-13)18(15)10-9-14-8-4-5-11-20-14/h1-3,6-7,14,16-17H,4-5,8-12H2. The van der Waals surface area contributed by atoms with Gasteiger partial charge in [-0.15, -0.1) is 0 Å². The van der Waals surface area contributed by atoms with Crippen molar-refractivity contribution in [1.29, 1.82) is 0 Å². The summed E-state index contributed by atoms with van der Waals surface area (Å²) in [6, 6.07) is 10.2. The summed E-state index contributed by atoms with van der Waals surface area (Å²) in [5.41, 5.74) is 1.16. The SMILES string of the molecule is O=C1CNC(c2ccccc2)N1CCC1CCCCO1. The second kappa shape index (κ2) is 6.37. The monoisotopic (exact) mass is 274 g/mol. The highest BCUT2D eigenvalue weighted by Gasteiger charge is 2.31. The molecule has 108 valence electrons. The van der Waals surface area contributed by atoms with Crippen molar-refractivity contribution < 1.29 is 9.53 Å². The van der Waals surface area contributed by atoms with E-state index in [4.69, 9.17) is 4.74 Å². The fourth-order valence-corrected chi connectivity index (χ4v) is 3.04. The lowest BCUT2D eigenvalue weighted by Gasteiger charge is -2.28. The van der Waals surface area contributed by atoms with E-state index in [1.54, 1.807) is 0 Å².